The summed E-state index contributed by atoms with van der Waals surface area (Å²) in [5.74, 6) is 0.366. The summed E-state index contributed by atoms with van der Waals surface area (Å²) in [5.41, 5.74) is 0.816. The number of carbonyl (C=O) groups excluding carboxylic acids is 1. The van der Waals surface area contributed by atoms with E-state index in [4.69, 9.17) is 9.47 Å². The highest BCUT2D eigenvalue weighted by molar-refractivity contribution is 5.78. The number of ether oxygens (including phenoxy) is 2. The number of fused-ring (bicyclic) bond motifs is 1. The number of nitrogens with zero attached hydrogens (tertiary/aromatic N) is 3. The fourth-order valence-corrected chi connectivity index (χ4v) is 3.99. The van der Waals surface area contributed by atoms with E-state index in [1.807, 2.05) is 34.6 Å². The van der Waals surface area contributed by atoms with Gasteiger partial charge in [0.25, 0.3) is 0 Å². The van der Waals surface area contributed by atoms with E-state index in [1.54, 1.807) is 12.1 Å². The molecule has 0 bridgehead atoms. The molecule has 7 nitrogen and oxygen atoms in total. The van der Waals surface area contributed by atoms with Gasteiger partial charge in [-0.2, -0.15) is 0 Å². The Bertz CT molecular complexity index is 942. The lowest BCUT2D eigenvalue weighted by Gasteiger charge is -2.33. The second-order valence-corrected chi connectivity index (χ2v) is 9.69. The molecule has 1 N–H and O–H groups in total. The predicted molar refractivity (Wildman–Crippen MR) is 118 cm³/mol. The lowest BCUT2D eigenvalue weighted by Crippen LogP contribution is -2.51. The summed E-state index contributed by atoms with van der Waals surface area (Å²) in [5, 5.41) is 3.02. The third-order valence-corrected chi connectivity index (χ3v) is 5.74. The van der Waals surface area contributed by atoms with Crippen molar-refractivity contribution >= 4 is 17.1 Å². The van der Waals surface area contributed by atoms with Crippen molar-refractivity contribution in [3.63, 3.8) is 0 Å². The van der Waals surface area contributed by atoms with Crippen molar-refractivity contribution in [3.05, 3.63) is 29.7 Å². The first-order valence-corrected chi connectivity index (χ1v) is 10.7. The molecule has 0 spiro atoms. The molecule has 170 valence electrons. The van der Waals surface area contributed by atoms with Gasteiger partial charge < -0.3 is 19.7 Å². The molecule has 1 atom stereocenters. The van der Waals surface area contributed by atoms with Crippen LogP contribution in [0.3, 0.4) is 0 Å². The predicted octanol–water partition coefficient (Wildman–Crippen LogP) is 3.95. The first-order valence-electron chi connectivity index (χ1n) is 10.7. The van der Waals surface area contributed by atoms with Crippen LogP contribution in [0.4, 0.5) is 9.18 Å². The molecule has 2 aromatic rings. The normalized spacial score (nSPS) is 17.7. The number of methoxy groups -OCH3 is 1. The van der Waals surface area contributed by atoms with Crippen LogP contribution >= 0.6 is 0 Å². The second-order valence-electron chi connectivity index (χ2n) is 9.69. The molecule has 31 heavy (non-hydrogen) atoms. The zero-order valence-electron chi connectivity index (χ0n) is 19.3. The van der Waals surface area contributed by atoms with Gasteiger partial charge >= 0.3 is 6.09 Å². The molecule has 3 heterocycles. The third kappa shape index (κ3) is 5.81. The molecule has 0 saturated carbocycles. The van der Waals surface area contributed by atoms with Crippen molar-refractivity contribution in [2.75, 3.05) is 26.7 Å². The maximum Gasteiger partial charge on any atom is 0.408 e. The molecule has 3 rings (SSSR count). The number of alkyl carbamates (subject to hydrolysis) is 1. The van der Waals surface area contributed by atoms with Gasteiger partial charge in [-0.15, -0.1) is 0 Å². The number of nitrogens with one attached hydrogen (secondary N) is 1. The van der Waals surface area contributed by atoms with Crippen molar-refractivity contribution in [1.82, 2.24) is 20.2 Å². The van der Waals surface area contributed by atoms with Gasteiger partial charge in [0.15, 0.2) is 0 Å². The summed E-state index contributed by atoms with van der Waals surface area (Å²) in [6.07, 6.45) is 2.33. The second kappa shape index (κ2) is 8.94. The molecule has 1 aliphatic rings. The van der Waals surface area contributed by atoms with Gasteiger partial charge in [0.2, 0.25) is 5.88 Å². The van der Waals surface area contributed by atoms with E-state index in [0.717, 1.165) is 19.5 Å². The Morgan fingerprint density at radius 1 is 1.29 bits per heavy atom. The van der Waals surface area contributed by atoms with Crippen LogP contribution in [0, 0.1) is 11.7 Å². The highest BCUT2D eigenvalue weighted by Gasteiger charge is 2.37. The smallest absolute Gasteiger partial charge is 0.408 e. The molecule has 2 aromatic heterocycles. The molecule has 0 aromatic carbocycles. The monoisotopic (exact) mass is 432 g/mol. The third-order valence-electron chi connectivity index (χ3n) is 5.74. The van der Waals surface area contributed by atoms with Gasteiger partial charge in [-0.3, -0.25) is 4.98 Å². The standard InChI is InChI=1S/C23H33FN4O3/c1-22(2,3)31-21(29)27-23(4,5)15-9-11-28(14-15)12-10-16-17(24)13-25-18-7-8-19(30-6)26-20(16)18/h7-8,13,15H,9-12,14H2,1-6H3,(H,27,29)/t15-/m0/s1. The van der Waals surface area contributed by atoms with Gasteiger partial charge in [-0.05, 0) is 66.0 Å². The van der Waals surface area contributed by atoms with Crippen molar-refractivity contribution in [2.45, 2.75) is 58.6 Å². The number of halogens is 1. The molecule has 1 saturated heterocycles. The number of hydrogen-bond acceptors (Lipinski definition) is 6. The number of likely N-dealkylation sites (tertiary alicyclic amines) is 1. The van der Waals surface area contributed by atoms with Crippen molar-refractivity contribution in [3.8, 4) is 5.88 Å². The van der Waals surface area contributed by atoms with Crippen LogP contribution in [-0.2, 0) is 11.2 Å². The Labute approximate surface area is 183 Å². The maximum absolute atomic E-state index is 14.6. The fourth-order valence-electron chi connectivity index (χ4n) is 3.99. The van der Waals surface area contributed by atoms with E-state index in [9.17, 15) is 9.18 Å². The number of aromatic nitrogens is 2. The van der Waals surface area contributed by atoms with Gasteiger partial charge in [-0.25, -0.2) is 14.2 Å². The minimum absolute atomic E-state index is 0.275. The van der Waals surface area contributed by atoms with E-state index in [0.29, 0.717) is 35.4 Å². The van der Waals surface area contributed by atoms with E-state index >= 15 is 0 Å². The summed E-state index contributed by atoms with van der Waals surface area (Å²) in [6.45, 7) is 12.0. The van der Waals surface area contributed by atoms with Crippen LogP contribution in [0.15, 0.2) is 18.3 Å². The molecule has 0 radical (unpaired) electrons. The molecule has 1 aliphatic heterocycles. The highest BCUT2D eigenvalue weighted by Crippen LogP contribution is 2.29. The quantitative estimate of drug-likeness (QED) is 0.745. The maximum atomic E-state index is 14.6. The number of hydrogen-bond donors (Lipinski definition) is 1. The number of amides is 1. The van der Waals surface area contributed by atoms with E-state index < -0.39 is 17.2 Å². The van der Waals surface area contributed by atoms with Gasteiger partial charge in [0, 0.05) is 30.3 Å². The van der Waals surface area contributed by atoms with Crippen LogP contribution in [0.2, 0.25) is 0 Å². The molecular weight excluding hydrogens is 399 g/mol. The number of rotatable bonds is 6. The topological polar surface area (TPSA) is 76.6 Å². The van der Waals surface area contributed by atoms with Crippen molar-refractivity contribution < 1.29 is 18.7 Å². The van der Waals surface area contributed by atoms with Gasteiger partial charge in [0.05, 0.1) is 24.3 Å². The van der Waals surface area contributed by atoms with E-state index in [2.05, 4.69) is 20.2 Å². The molecule has 8 heteroatoms. The molecular formula is C23H33FN4O3. The van der Waals surface area contributed by atoms with Gasteiger partial charge in [0.1, 0.15) is 11.4 Å². The minimum Gasteiger partial charge on any atom is -0.481 e. The minimum atomic E-state index is -0.532. The first kappa shape index (κ1) is 23.2. The number of pyridine rings is 2. The summed E-state index contributed by atoms with van der Waals surface area (Å²) in [4.78, 5) is 23.1. The zero-order valence-corrected chi connectivity index (χ0v) is 19.3. The largest absolute Gasteiger partial charge is 0.481 e. The van der Waals surface area contributed by atoms with E-state index in [-0.39, 0.29) is 11.7 Å². The Morgan fingerprint density at radius 3 is 2.71 bits per heavy atom. The molecule has 1 amide bonds. The average molecular weight is 433 g/mol. The molecule has 1 fully saturated rings. The average Bonchev–Trinajstić information content (AvgIpc) is 3.15. The fraction of sp³-hybridized carbons (Fsp3) is 0.609. The van der Waals surface area contributed by atoms with Crippen molar-refractivity contribution in [2.24, 2.45) is 5.92 Å². The Hall–Kier alpha value is -2.48. The van der Waals surface area contributed by atoms with Crippen molar-refractivity contribution in [1.29, 1.82) is 0 Å². The number of carbonyl (C=O) groups is 1. The summed E-state index contributed by atoms with van der Waals surface area (Å²) < 4.78 is 25.2. The lowest BCUT2D eigenvalue weighted by molar-refractivity contribution is 0.0438. The Balaban J connectivity index is 1.63. The van der Waals surface area contributed by atoms with Crippen LogP contribution in [-0.4, -0.2) is 58.8 Å². The summed E-state index contributed by atoms with van der Waals surface area (Å²) in [7, 11) is 1.54. The molecule has 0 aliphatic carbocycles. The SMILES string of the molecule is COc1ccc2ncc(F)c(CCN3CC[C@H](C(C)(C)NC(=O)OC(C)(C)C)C3)c2n1. The molecule has 0 unspecified atom stereocenters. The zero-order chi connectivity index (χ0) is 22.8. The van der Waals surface area contributed by atoms with Crippen LogP contribution in [0.5, 0.6) is 5.88 Å². The van der Waals surface area contributed by atoms with E-state index in [1.165, 1.54) is 13.3 Å². The van der Waals surface area contributed by atoms with Crippen LogP contribution in [0.25, 0.3) is 11.0 Å². The van der Waals surface area contributed by atoms with Gasteiger partial charge in [-0.1, -0.05) is 0 Å². The Morgan fingerprint density at radius 2 is 2.03 bits per heavy atom. The Kier molecular flexibility index (Phi) is 6.69. The summed E-state index contributed by atoms with van der Waals surface area (Å²) >= 11 is 0. The first-order chi connectivity index (χ1) is 14.5. The van der Waals surface area contributed by atoms with Crippen LogP contribution in [0.1, 0.15) is 46.6 Å². The lowest BCUT2D eigenvalue weighted by atomic mass is 9.87. The highest BCUT2D eigenvalue weighted by atomic mass is 19.1. The van der Waals surface area contributed by atoms with Crippen LogP contribution < -0.4 is 10.1 Å². The summed E-state index contributed by atoms with van der Waals surface area (Å²) in [6, 6.07) is 3.52.